The first-order valence-electron chi connectivity index (χ1n) is 4.04. The zero-order valence-electron chi connectivity index (χ0n) is 6.53. The van der Waals surface area contributed by atoms with Crippen molar-refractivity contribution in [1.82, 2.24) is 0 Å². The van der Waals surface area contributed by atoms with Crippen LogP contribution in [0.5, 0.6) is 0 Å². The Morgan fingerprint density at radius 1 is 1.33 bits per heavy atom. The van der Waals surface area contributed by atoms with Gasteiger partial charge in [-0.05, 0) is 23.9 Å². The van der Waals surface area contributed by atoms with E-state index >= 15 is 0 Å². The van der Waals surface area contributed by atoms with Gasteiger partial charge >= 0.3 is 0 Å². The van der Waals surface area contributed by atoms with Crippen molar-refractivity contribution in [1.29, 1.82) is 0 Å². The Balaban J connectivity index is 2.17. The molecule has 3 heteroatoms. The SMILES string of the molecule is c1ccc2c(c1)SC1=NCCN12. The number of para-hydroxylation sites is 1. The van der Waals surface area contributed by atoms with Crippen LogP contribution in [0.4, 0.5) is 5.69 Å². The van der Waals surface area contributed by atoms with Crippen molar-refractivity contribution in [3.63, 3.8) is 0 Å². The molecule has 2 nitrogen and oxygen atoms in total. The third-order valence-electron chi connectivity index (χ3n) is 2.16. The quantitative estimate of drug-likeness (QED) is 0.600. The molecule has 0 fully saturated rings. The Labute approximate surface area is 75.3 Å². The molecule has 1 aromatic rings. The summed E-state index contributed by atoms with van der Waals surface area (Å²) in [5.41, 5.74) is 1.33. The molecule has 0 saturated heterocycles. The number of fused-ring (bicyclic) bond motifs is 3. The van der Waals surface area contributed by atoms with E-state index < -0.39 is 0 Å². The summed E-state index contributed by atoms with van der Waals surface area (Å²) in [5.74, 6) is 0. The zero-order chi connectivity index (χ0) is 7.97. The normalized spacial score (nSPS) is 19.0. The maximum Gasteiger partial charge on any atom is 0.168 e. The molecule has 0 amide bonds. The summed E-state index contributed by atoms with van der Waals surface area (Å²) in [5, 5.41) is 1.18. The monoisotopic (exact) mass is 176 g/mol. The third kappa shape index (κ3) is 0.743. The predicted octanol–water partition coefficient (Wildman–Crippen LogP) is 1.97. The van der Waals surface area contributed by atoms with Crippen LogP contribution >= 0.6 is 11.8 Å². The molecule has 0 bridgehead atoms. The Bertz CT molecular complexity index is 359. The largest absolute Gasteiger partial charge is 0.318 e. The van der Waals surface area contributed by atoms with Crippen LogP contribution in [-0.4, -0.2) is 18.3 Å². The molecule has 3 rings (SSSR count). The maximum atomic E-state index is 4.42. The first kappa shape index (κ1) is 6.54. The highest BCUT2D eigenvalue weighted by Crippen LogP contribution is 2.41. The third-order valence-corrected chi connectivity index (χ3v) is 3.26. The first-order chi connectivity index (χ1) is 5.95. The second kappa shape index (κ2) is 2.26. The molecule has 60 valence electrons. The number of hydrogen-bond acceptors (Lipinski definition) is 3. The van der Waals surface area contributed by atoms with E-state index in [0.29, 0.717) is 0 Å². The van der Waals surface area contributed by atoms with Crippen LogP contribution in [0.15, 0.2) is 34.2 Å². The summed E-state index contributed by atoms with van der Waals surface area (Å²) in [7, 11) is 0. The molecule has 0 spiro atoms. The first-order valence-corrected chi connectivity index (χ1v) is 4.86. The molecule has 1 aromatic carbocycles. The average Bonchev–Trinajstić information content (AvgIpc) is 2.62. The van der Waals surface area contributed by atoms with Crippen molar-refractivity contribution in [3.05, 3.63) is 24.3 Å². The Hall–Kier alpha value is -0.960. The van der Waals surface area contributed by atoms with Gasteiger partial charge in [0.25, 0.3) is 0 Å². The Morgan fingerprint density at radius 3 is 3.25 bits per heavy atom. The van der Waals surface area contributed by atoms with Crippen LogP contribution in [0.2, 0.25) is 0 Å². The lowest BCUT2D eigenvalue weighted by atomic mass is 10.3. The minimum atomic E-state index is 0.955. The fourth-order valence-corrected chi connectivity index (χ4v) is 2.68. The second-order valence-electron chi connectivity index (χ2n) is 2.89. The van der Waals surface area contributed by atoms with Gasteiger partial charge in [-0.1, -0.05) is 12.1 Å². The lowest BCUT2D eigenvalue weighted by Crippen LogP contribution is -2.20. The molecular weight excluding hydrogens is 168 g/mol. The summed E-state index contributed by atoms with van der Waals surface area (Å²) < 4.78 is 0. The Morgan fingerprint density at radius 2 is 2.25 bits per heavy atom. The van der Waals surface area contributed by atoms with Crippen molar-refractivity contribution < 1.29 is 0 Å². The highest BCUT2D eigenvalue weighted by atomic mass is 32.2. The number of benzene rings is 1. The van der Waals surface area contributed by atoms with Gasteiger partial charge in [-0.25, -0.2) is 0 Å². The van der Waals surface area contributed by atoms with Gasteiger partial charge in [-0.3, -0.25) is 4.99 Å². The van der Waals surface area contributed by atoms with Gasteiger partial charge in [0.05, 0.1) is 12.2 Å². The van der Waals surface area contributed by atoms with E-state index in [4.69, 9.17) is 0 Å². The van der Waals surface area contributed by atoms with Gasteiger partial charge in [0.1, 0.15) is 0 Å². The second-order valence-corrected chi connectivity index (χ2v) is 3.89. The van der Waals surface area contributed by atoms with E-state index in [9.17, 15) is 0 Å². The highest BCUT2D eigenvalue weighted by molar-refractivity contribution is 8.14. The van der Waals surface area contributed by atoms with Crippen LogP contribution in [0.25, 0.3) is 0 Å². The number of thioether (sulfide) groups is 1. The van der Waals surface area contributed by atoms with Crippen molar-refractivity contribution in [2.24, 2.45) is 4.99 Å². The number of amidine groups is 1. The summed E-state index contributed by atoms with van der Waals surface area (Å²) in [6.07, 6.45) is 0. The van der Waals surface area contributed by atoms with Crippen LogP contribution in [-0.2, 0) is 0 Å². The standard InChI is InChI=1S/C9H8N2S/c1-2-4-8-7(3-1)11-6-5-10-9(11)12-8/h1-4H,5-6H2. The van der Waals surface area contributed by atoms with Gasteiger partial charge in [0.15, 0.2) is 5.17 Å². The van der Waals surface area contributed by atoms with E-state index in [1.165, 1.54) is 15.8 Å². The number of hydrogen-bond donors (Lipinski definition) is 0. The number of aliphatic imine (C=N–C) groups is 1. The summed E-state index contributed by atoms with van der Waals surface area (Å²) in [6.45, 7) is 2.01. The fraction of sp³-hybridized carbons (Fsp3) is 0.222. The molecule has 2 aliphatic heterocycles. The van der Waals surface area contributed by atoms with Crippen LogP contribution in [0.1, 0.15) is 0 Å². The van der Waals surface area contributed by atoms with Crippen LogP contribution < -0.4 is 4.90 Å². The molecular formula is C9H8N2S. The number of rotatable bonds is 0. The minimum Gasteiger partial charge on any atom is -0.318 e. The summed E-state index contributed by atoms with van der Waals surface area (Å²) >= 11 is 1.78. The molecule has 0 N–H and O–H groups in total. The van der Waals surface area contributed by atoms with Crippen molar-refractivity contribution in [3.8, 4) is 0 Å². The smallest absolute Gasteiger partial charge is 0.168 e. The van der Waals surface area contributed by atoms with Crippen LogP contribution in [0.3, 0.4) is 0 Å². The van der Waals surface area contributed by atoms with Crippen LogP contribution in [0, 0.1) is 0 Å². The highest BCUT2D eigenvalue weighted by Gasteiger charge is 2.28. The molecule has 0 saturated carbocycles. The van der Waals surface area contributed by atoms with Crippen molar-refractivity contribution >= 4 is 22.6 Å². The van der Waals surface area contributed by atoms with E-state index in [2.05, 4.69) is 34.2 Å². The fourth-order valence-electron chi connectivity index (χ4n) is 1.60. The summed E-state index contributed by atoms with van der Waals surface area (Å²) in [6, 6.07) is 8.48. The lowest BCUT2D eigenvalue weighted by Gasteiger charge is -2.10. The predicted molar refractivity (Wildman–Crippen MR) is 51.9 cm³/mol. The lowest BCUT2D eigenvalue weighted by molar-refractivity contribution is 1.01. The molecule has 0 atom stereocenters. The van der Waals surface area contributed by atoms with Gasteiger partial charge in [-0.15, -0.1) is 0 Å². The molecule has 0 radical (unpaired) electrons. The average molecular weight is 176 g/mol. The van der Waals surface area contributed by atoms with E-state index in [1.807, 2.05) is 0 Å². The van der Waals surface area contributed by atoms with Crippen molar-refractivity contribution in [2.75, 3.05) is 18.0 Å². The van der Waals surface area contributed by atoms with Gasteiger partial charge < -0.3 is 4.90 Å². The van der Waals surface area contributed by atoms with Crippen molar-refractivity contribution in [2.45, 2.75) is 4.90 Å². The molecule has 12 heavy (non-hydrogen) atoms. The van der Waals surface area contributed by atoms with E-state index in [0.717, 1.165) is 13.1 Å². The maximum absolute atomic E-state index is 4.42. The molecule has 0 unspecified atom stereocenters. The van der Waals surface area contributed by atoms with Gasteiger partial charge in [0, 0.05) is 11.4 Å². The number of anilines is 1. The van der Waals surface area contributed by atoms with E-state index in [1.54, 1.807) is 11.8 Å². The zero-order valence-corrected chi connectivity index (χ0v) is 7.34. The van der Waals surface area contributed by atoms with E-state index in [-0.39, 0.29) is 0 Å². The minimum absolute atomic E-state index is 0.955. The molecule has 2 aliphatic rings. The molecule has 0 aromatic heterocycles. The molecule has 2 heterocycles. The summed E-state index contributed by atoms with van der Waals surface area (Å²) in [4.78, 5) is 8.05. The van der Waals surface area contributed by atoms with Gasteiger partial charge in [-0.2, -0.15) is 0 Å². The van der Waals surface area contributed by atoms with Gasteiger partial charge in [0.2, 0.25) is 0 Å². The Kier molecular flexibility index (Phi) is 1.23. The topological polar surface area (TPSA) is 15.6 Å². The molecule has 0 aliphatic carbocycles. The number of nitrogens with zero attached hydrogens (tertiary/aromatic N) is 2.